The lowest BCUT2D eigenvalue weighted by Crippen LogP contribution is -2.54. The predicted octanol–water partition coefficient (Wildman–Crippen LogP) is 2.51. The SMILES string of the molecule is O=C(NCCOc1ccccc1)[C@H]1C[C@H]2CCCN2[C@]12C(=O)Nc1ccccc12. The number of nitrogens with zero attached hydrogens (tertiary/aromatic N) is 1. The average molecular weight is 391 g/mol. The van der Waals surface area contributed by atoms with Crippen LogP contribution in [0.2, 0.25) is 0 Å². The van der Waals surface area contributed by atoms with Crippen molar-refractivity contribution in [1.29, 1.82) is 0 Å². The Balaban J connectivity index is 1.35. The van der Waals surface area contributed by atoms with Gasteiger partial charge in [-0.25, -0.2) is 0 Å². The maximum absolute atomic E-state index is 13.3. The molecule has 0 aliphatic carbocycles. The maximum Gasteiger partial charge on any atom is 0.250 e. The molecule has 2 amide bonds. The van der Waals surface area contributed by atoms with E-state index in [1.165, 1.54) is 0 Å². The molecule has 2 aromatic rings. The van der Waals surface area contributed by atoms with E-state index in [-0.39, 0.29) is 17.9 Å². The molecule has 2 saturated heterocycles. The van der Waals surface area contributed by atoms with Crippen molar-refractivity contribution in [3.63, 3.8) is 0 Å². The molecule has 2 fully saturated rings. The van der Waals surface area contributed by atoms with Gasteiger partial charge in [-0.05, 0) is 44.0 Å². The van der Waals surface area contributed by atoms with Gasteiger partial charge in [0.1, 0.15) is 17.9 Å². The van der Waals surface area contributed by atoms with Gasteiger partial charge in [-0.3, -0.25) is 14.5 Å². The highest BCUT2D eigenvalue weighted by Gasteiger charge is 2.65. The van der Waals surface area contributed by atoms with Crippen molar-refractivity contribution >= 4 is 17.5 Å². The summed E-state index contributed by atoms with van der Waals surface area (Å²) in [5, 5.41) is 6.05. The Morgan fingerprint density at radius 3 is 2.83 bits per heavy atom. The van der Waals surface area contributed by atoms with E-state index in [0.717, 1.165) is 36.4 Å². The molecule has 0 saturated carbocycles. The fourth-order valence-corrected chi connectivity index (χ4v) is 5.36. The number of ether oxygens (including phenoxy) is 1. The molecule has 150 valence electrons. The molecule has 0 radical (unpaired) electrons. The number of para-hydroxylation sites is 2. The van der Waals surface area contributed by atoms with Crippen molar-refractivity contribution in [2.24, 2.45) is 5.92 Å². The summed E-state index contributed by atoms with van der Waals surface area (Å²) in [6, 6.07) is 17.6. The number of carbonyl (C=O) groups excluding carboxylic acids is 2. The minimum absolute atomic E-state index is 0.0659. The van der Waals surface area contributed by atoms with E-state index in [2.05, 4.69) is 15.5 Å². The molecule has 6 nitrogen and oxygen atoms in total. The third-order valence-corrected chi connectivity index (χ3v) is 6.50. The summed E-state index contributed by atoms with van der Waals surface area (Å²) in [6.45, 7) is 1.66. The van der Waals surface area contributed by atoms with Crippen LogP contribution in [0.4, 0.5) is 5.69 Å². The van der Waals surface area contributed by atoms with Gasteiger partial charge in [0.15, 0.2) is 0 Å². The standard InChI is InChI=1S/C23H25N3O3/c27-21(24-12-14-29-17-8-2-1-3-9-17)19-15-16-7-6-13-26(16)23(19)18-10-4-5-11-20(18)25-22(23)28/h1-5,8-11,16,19H,6-7,12-15H2,(H,24,27)(H,25,28)/t16-,19-,23+/m1/s1. The van der Waals surface area contributed by atoms with E-state index in [9.17, 15) is 9.59 Å². The Hall–Kier alpha value is -2.86. The van der Waals surface area contributed by atoms with Gasteiger partial charge in [-0.2, -0.15) is 0 Å². The smallest absolute Gasteiger partial charge is 0.250 e. The minimum atomic E-state index is -0.887. The quantitative estimate of drug-likeness (QED) is 0.769. The summed E-state index contributed by atoms with van der Waals surface area (Å²) in [5.41, 5.74) is 0.882. The molecule has 3 atom stereocenters. The number of amides is 2. The molecule has 0 unspecified atom stereocenters. The normalized spacial score (nSPS) is 27.5. The van der Waals surface area contributed by atoms with Crippen LogP contribution >= 0.6 is 0 Å². The second-order valence-corrected chi connectivity index (χ2v) is 8.00. The lowest BCUT2D eigenvalue weighted by atomic mass is 9.78. The number of fused-ring (bicyclic) bond motifs is 4. The molecule has 1 spiro atoms. The fraction of sp³-hybridized carbons (Fsp3) is 0.391. The molecular weight excluding hydrogens is 366 g/mol. The lowest BCUT2D eigenvalue weighted by Gasteiger charge is -2.36. The van der Waals surface area contributed by atoms with Crippen LogP contribution in [0.3, 0.4) is 0 Å². The summed E-state index contributed by atoms with van der Waals surface area (Å²) in [7, 11) is 0. The predicted molar refractivity (Wildman–Crippen MR) is 110 cm³/mol. The van der Waals surface area contributed by atoms with Crippen LogP contribution in [0.1, 0.15) is 24.8 Å². The first-order valence-electron chi connectivity index (χ1n) is 10.3. The zero-order valence-electron chi connectivity index (χ0n) is 16.3. The van der Waals surface area contributed by atoms with E-state index < -0.39 is 11.5 Å². The van der Waals surface area contributed by atoms with Crippen LogP contribution < -0.4 is 15.4 Å². The Kier molecular flexibility index (Phi) is 4.51. The second kappa shape index (κ2) is 7.19. The Morgan fingerprint density at radius 1 is 1.17 bits per heavy atom. The molecule has 3 aliphatic rings. The van der Waals surface area contributed by atoms with Gasteiger partial charge in [0.25, 0.3) is 0 Å². The molecule has 2 N–H and O–H groups in total. The van der Waals surface area contributed by atoms with Gasteiger partial charge < -0.3 is 15.4 Å². The van der Waals surface area contributed by atoms with Crippen molar-refractivity contribution in [3.8, 4) is 5.75 Å². The number of anilines is 1. The van der Waals surface area contributed by atoms with Crippen LogP contribution in [0.15, 0.2) is 54.6 Å². The number of hydrogen-bond donors (Lipinski definition) is 2. The summed E-state index contributed by atoms with van der Waals surface area (Å²) in [4.78, 5) is 28.8. The summed E-state index contributed by atoms with van der Waals surface area (Å²) in [5.74, 6) is 0.253. The van der Waals surface area contributed by atoms with Crippen LogP contribution in [0, 0.1) is 5.92 Å². The molecule has 0 bridgehead atoms. The molecule has 0 aromatic heterocycles. The Labute approximate surface area is 170 Å². The van der Waals surface area contributed by atoms with Gasteiger partial charge in [0.05, 0.1) is 12.5 Å². The number of nitrogens with one attached hydrogen (secondary N) is 2. The van der Waals surface area contributed by atoms with E-state index >= 15 is 0 Å². The molecule has 3 heterocycles. The summed E-state index contributed by atoms with van der Waals surface area (Å²) >= 11 is 0. The van der Waals surface area contributed by atoms with Crippen LogP contribution in [-0.2, 0) is 15.1 Å². The highest BCUT2D eigenvalue weighted by Crippen LogP contribution is 2.55. The second-order valence-electron chi connectivity index (χ2n) is 8.00. The lowest BCUT2D eigenvalue weighted by molar-refractivity contribution is -0.137. The van der Waals surface area contributed by atoms with Crippen molar-refractivity contribution in [1.82, 2.24) is 10.2 Å². The first kappa shape index (κ1) is 18.2. The number of rotatable bonds is 5. The van der Waals surface area contributed by atoms with Crippen molar-refractivity contribution in [3.05, 3.63) is 60.2 Å². The number of carbonyl (C=O) groups is 2. The third-order valence-electron chi connectivity index (χ3n) is 6.50. The highest BCUT2D eigenvalue weighted by molar-refractivity contribution is 6.09. The average Bonchev–Trinajstić information content (AvgIpc) is 3.40. The van der Waals surface area contributed by atoms with E-state index in [0.29, 0.717) is 19.6 Å². The highest BCUT2D eigenvalue weighted by atomic mass is 16.5. The van der Waals surface area contributed by atoms with Crippen LogP contribution in [0.5, 0.6) is 5.75 Å². The first-order chi connectivity index (χ1) is 14.2. The zero-order chi connectivity index (χ0) is 19.8. The van der Waals surface area contributed by atoms with E-state index in [4.69, 9.17) is 4.74 Å². The van der Waals surface area contributed by atoms with Gasteiger partial charge in [0.2, 0.25) is 11.8 Å². The summed E-state index contributed by atoms with van der Waals surface area (Å²) < 4.78 is 5.68. The number of hydrogen-bond acceptors (Lipinski definition) is 4. The summed E-state index contributed by atoms with van der Waals surface area (Å²) in [6.07, 6.45) is 2.83. The van der Waals surface area contributed by atoms with Gasteiger partial charge >= 0.3 is 0 Å². The Bertz CT molecular complexity index is 932. The van der Waals surface area contributed by atoms with E-state index in [1.807, 2.05) is 54.6 Å². The first-order valence-corrected chi connectivity index (χ1v) is 10.3. The van der Waals surface area contributed by atoms with Gasteiger partial charge in [-0.1, -0.05) is 36.4 Å². The largest absolute Gasteiger partial charge is 0.492 e. The van der Waals surface area contributed by atoms with Crippen LogP contribution in [-0.4, -0.2) is 42.5 Å². The monoisotopic (exact) mass is 391 g/mol. The molecule has 5 rings (SSSR count). The van der Waals surface area contributed by atoms with Gasteiger partial charge in [-0.15, -0.1) is 0 Å². The molecule has 6 heteroatoms. The van der Waals surface area contributed by atoms with Crippen molar-refractivity contribution in [2.75, 3.05) is 25.0 Å². The third kappa shape index (κ3) is 2.82. The molecular formula is C23H25N3O3. The topological polar surface area (TPSA) is 70.7 Å². The van der Waals surface area contributed by atoms with E-state index in [1.54, 1.807) is 0 Å². The molecule has 3 aliphatic heterocycles. The number of benzene rings is 2. The van der Waals surface area contributed by atoms with Crippen molar-refractivity contribution < 1.29 is 14.3 Å². The molecule has 2 aromatic carbocycles. The zero-order valence-corrected chi connectivity index (χ0v) is 16.3. The maximum atomic E-state index is 13.3. The van der Waals surface area contributed by atoms with Crippen molar-refractivity contribution in [2.45, 2.75) is 30.8 Å². The van der Waals surface area contributed by atoms with Gasteiger partial charge in [0, 0.05) is 17.3 Å². The minimum Gasteiger partial charge on any atom is -0.492 e. The van der Waals surface area contributed by atoms with Crippen LogP contribution in [0.25, 0.3) is 0 Å². The Morgan fingerprint density at radius 2 is 1.97 bits per heavy atom. The fourth-order valence-electron chi connectivity index (χ4n) is 5.36. The molecule has 29 heavy (non-hydrogen) atoms.